The summed E-state index contributed by atoms with van der Waals surface area (Å²) in [5, 5.41) is 109. The first kappa shape index (κ1) is 28.1. The molecule has 10 heteroatoms. The van der Waals surface area contributed by atoms with Crippen LogP contribution in [0.2, 0.25) is 0 Å². The van der Waals surface area contributed by atoms with E-state index in [-0.39, 0.29) is 32.7 Å². The minimum absolute atomic E-state index is 0.0868. The van der Waals surface area contributed by atoms with Crippen LogP contribution in [0.5, 0.6) is 57.5 Å². The van der Waals surface area contributed by atoms with Crippen molar-refractivity contribution in [3.05, 3.63) is 84.9 Å². The number of rotatable bonds is 3. The smallest absolute Gasteiger partial charge is 0.208 e. The van der Waals surface area contributed by atoms with Crippen molar-refractivity contribution in [2.24, 2.45) is 0 Å². The van der Waals surface area contributed by atoms with E-state index in [1.54, 1.807) is 42.5 Å². The summed E-state index contributed by atoms with van der Waals surface area (Å²) in [5.41, 5.74) is 0.744. The van der Waals surface area contributed by atoms with Gasteiger partial charge in [-0.15, -0.1) is 0 Å². The third-order valence-electron chi connectivity index (χ3n) is 8.35. The highest BCUT2D eigenvalue weighted by atomic mass is 16.4. The van der Waals surface area contributed by atoms with Crippen LogP contribution in [0.15, 0.2) is 84.9 Å². The summed E-state index contributed by atoms with van der Waals surface area (Å²) in [5.74, 6) is -10.3. The van der Waals surface area contributed by atoms with Crippen molar-refractivity contribution in [1.29, 1.82) is 0 Å². The van der Waals surface area contributed by atoms with E-state index in [0.29, 0.717) is 5.56 Å². The van der Waals surface area contributed by atoms with Gasteiger partial charge in [0.15, 0.2) is 23.0 Å². The number of aromatic hydroxyl groups is 10. The second-order valence-corrected chi connectivity index (χ2v) is 10.9. The minimum atomic E-state index is -1.13. The Bertz CT molecular complexity index is 2370. The Labute approximate surface area is 259 Å². The van der Waals surface area contributed by atoms with Gasteiger partial charge >= 0.3 is 0 Å². The van der Waals surface area contributed by atoms with Gasteiger partial charge in [0.05, 0.1) is 11.1 Å². The molecule has 7 aromatic carbocycles. The van der Waals surface area contributed by atoms with Gasteiger partial charge in [0.25, 0.3) is 0 Å². The maximum Gasteiger partial charge on any atom is 0.208 e. The van der Waals surface area contributed by atoms with Crippen molar-refractivity contribution in [1.82, 2.24) is 0 Å². The summed E-state index contributed by atoms with van der Waals surface area (Å²) in [6, 6.07) is 25.0. The molecule has 7 aromatic rings. The third kappa shape index (κ3) is 3.83. The number of hydrogen-bond acceptors (Lipinski definition) is 10. The number of hydrogen-bond donors (Lipinski definition) is 10. The maximum atomic E-state index is 11.1. The third-order valence-corrected chi connectivity index (χ3v) is 8.35. The molecule has 0 spiro atoms. The van der Waals surface area contributed by atoms with Gasteiger partial charge in [-0.2, -0.15) is 0 Å². The van der Waals surface area contributed by atoms with Crippen LogP contribution in [0, 0.1) is 0 Å². The van der Waals surface area contributed by atoms with Crippen LogP contribution in [0.1, 0.15) is 0 Å². The van der Waals surface area contributed by atoms with Crippen molar-refractivity contribution < 1.29 is 51.1 Å². The molecule has 0 aromatic heterocycles. The number of fused-ring (bicyclic) bond motifs is 3. The molecule has 0 aliphatic rings. The Kier molecular flexibility index (Phi) is 6.07. The maximum absolute atomic E-state index is 11.1. The number of phenols is 10. The van der Waals surface area contributed by atoms with E-state index < -0.39 is 68.6 Å². The lowest BCUT2D eigenvalue weighted by Gasteiger charge is -2.22. The predicted molar refractivity (Wildman–Crippen MR) is 172 cm³/mol. The lowest BCUT2D eigenvalue weighted by atomic mass is 9.83. The second-order valence-electron chi connectivity index (χ2n) is 10.9. The summed E-state index contributed by atoms with van der Waals surface area (Å²) in [4.78, 5) is 0. The number of benzene rings is 7. The Hall–Kier alpha value is -6.68. The lowest BCUT2D eigenvalue weighted by Crippen LogP contribution is -1.94. The minimum Gasteiger partial charge on any atom is -0.504 e. The fraction of sp³-hybridized carbons (Fsp3) is 0. The highest BCUT2D eigenvalue weighted by Crippen LogP contribution is 2.61. The summed E-state index contributed by atoms with van der Waals surface area (Å²) in [6.45, 7) is 0. The normalized spacial score (nSPS) is 11.5. The summed E-state index contributed by atoms with van der Waals surface area (Å²) >= 11 is 0. The molecule has 0 saturated carbocycles. The van der Waals surface area contributed by atoms with Crippen molar-refractivity contribution >= 4 is 32.3 Å². The van der Waals surface area contributed by atoms with Crippen LogP contribution in [-0.2, 0) is 0 Å². The molecule has 10 nitrogen and oxygen atoms in total. The summed E-state index contributed by atoms with van der Waals surface area (Å²) < 4.78 is 0. The van der Waals surface area contributed by atoms with E-state index in [2.05, 4.69) is 0 Å². The Morgan fingerprint density at radius 2 is 0.630 bits per heavy atom. The first-order valence-corrected chi connectivity index (χ1v) is 13.9. The van der Waals surface area contributed by atoms with E-state index in [1.165, 1.54) is 0 Å². The van der Waals surface area contributed by atoms with Crippen LogP contribution < -0.4 is 0 Å². The van der Waals surface area contributed by atoms with Crippen LogP contribution in [0.4, 0.5) is 0 Å². The lowest BCUT2D eigenvalue weighted by molar-refractivity contribution is 0.330. The van der Waals surface area contributed by atoms with Gasteiger partial charge in [-0.3, -0.25) is 0 Å². The van der Waals surface area contributed by atoms with Crippen molar-refractivity contribution in [3.8, 4) is 90.9 Å². The van der Waals surface area contributed by atoms with Crippen LogP contribution in [0.25, 0.3) is 65.7 Å². The number of phenolic OH excluding ortho intramolecular Hbond substituents is 10. The molecule has 0 fully saturated rings. The summed E-state index contributed by atoms with van der Waals surface area (Å²) in [6.07, 6.45) is 0. The molecule has 10 N–H and O–H groups in total. The standard InChI is InChI=1S/C36H24O10/c37-27-25(28(38)32(42)35(45)31(27)41)23-19-7-3-4-8-20(19)24(26-29(39)33(43)36(46)34(44)30(26)40)22-14-18(11-12-21(22)23)17-10-9-15-5-1-2-6-16(15)13-17/h1-14,37-46H. The van der Waals surface area contributed by atoms with E-state index in [0.717, 1.165) is 16.3 Å². The van der Waals surface area contributed by atoms with Gasteiger partial charge in [-0.05, 0) is 55.6 Å². The quantitative estimate of drug-likeness (QED) is 0.0549. The molecule has 0 aliphatic carbocycles. The second kappa shape index (κ2) is 9.93. The van der Waals surface area contributed by atoms with Gasteiger partial charge < -0.3 is 51.1 Å². The van der Waals surface area contributed by atoms with Crippen LogP contribution in [-0.4, -0.2) is 51.1 Å². The topological polar surface area (TPSA) is 202 Å². The Morgan fingerprint density at radius 3 is 1.15 bits per heavy atom. The van der Waals surface area contributed by atoms with E-state index >= 15 is 0 Å². The molecule has 0 unspecified atom stereocenters. The van der Waals surface area contributed by atoms with E-state index in [9.17, 15) is 51.1 Å². The zero-order valence-electron chi connectivity index (χ0n) is 23.6. The molecule has 228 valence electrons. The molecule has 0 aliphatic heterocycles. The van der Waals surface area contributed by atoms with Gasteiger partial charge in [-0.1, -0.05) is 72.8 Å². The van der Waals surface area contributed by atoms with Crippen LogP contribution >= 0.6 is 0 Å². The zero-order valence-corrected chi connectivity index (χ0v) is 23.6. The van der Waals surface area contributed by atoms with Crippen molar-refractivity contribution in [2.75, 3.05) is 0 Å². The fourth-order valence-electron chi connectivity index (χ4n) is 6.11. The first-order valence-electron chi connectivity index (χ1n) is 13.9. The fourth-order valence-corrected chi connectivity index (χ4v) is 6.11. The van der Waals surface area contributed by atoms with E-state index in [4.69, 9.17) is 0 Å². The predicted octanol–water partition coefficient (Wildman–Crippen LogP) is 7.20. The molecular weight excluding hydrogens is 592 g/mol. The first-order chi connectivity index (χ1) is 22.0. The Balaban J connectivity index is 1.70. The molecule has 46 heavy (non-hydrogen) atoms. The van der Waals surface area contributed by atoms with Crippen molar-refractivity contribution in [2.45, 2.75) is 0 Å². The molecule has 0 bridgehead atoms. The zero-order chi connectivity index (χ0) is 32.6. The molecule has 0 atom stereocenters. The average Bonchev–Trinajstić information content (AvgIpc) is 3.08. The highest BCUT2D eigenvalue weighted by molar-refractivity contribution is 6.24. The highest BCUT2D eigenvalue weighted by Gasteiger charge is 2.31. The molecule has 0 saturated heterocycles. The molecule has 0 radical (unpaired) electrons. The van der Waals surface area contributed by atoms with E-state index in [1.807, 2.05) is 42.5 Å². The molecule has 0 amide bonds. The Morgan fingerprint density at radius 1 is 0.261 bits per heavy atom. The van der Waals surface area contributed by atoms with Gasteiger partial charge in [0.1, 0.15) is 0 Å². The summed E-state index contributed by atoms with van der Waals surface area (Å²) in [7, 11) is 0. The SMILES string of the molecule is Oc1c(O)c(O)c(-c2c3ccccc3c(-c3c(O)c(O)c(O)c(O)c3O)c3cc(-c4ccc5ccccc5c4)ccc23)c(O)c1O. The molecule has 7 rings (SSSR count). The monoisotopic (exact) mass is 616 g/mol. The average molecular weight is 617 g/mol. The largest absolute Gasteiger partial charge is 0.504 e. The van der Waals surface area contributed by atoms with Gasteiger partial charge in [0, 0.05) is 11.1 Å². The van der Waals surface area contributed by atoms with Gasteiger partial charge in [-0.25, -0.2) is 0 Å². The van der Waals surface area contributed by atoms with Crippen LogP contribution in [0.3, 0.4) is 0 Å². The molecular formula is C36H24O10. The van der Waals surface area contributed by atoms with Crippen molar-refractivity contribution in [3.63, 3.8) is 0 Å². The molecule has 0 heterocycles. The van der Waals surface area contributed by atoms with Gasteiger partial charge in [0.2, 0.25) is 34.5 Å².